The van der Waals surface area contributed by atoms with Gasteiger partial charge in [-0.05, 0) is 36.8 Å². The highest BCUT2D eigenvalue weighted by Gasteiger charge is 2.06. The summed E-state index contributed by atoms with van der Waals surface area (Å²) < 4.78 is 0. The van der Waals surface area contributed by atoms with Crippen molar-refractivity contribution in [3.05, 3.63) is 59.7 Å². The molecule has 0 saturated heterocycles. The summed E-state index contributed by atoms with van der Waals surface area (Å²) in [6, 6.07) is 17.1. The van der Waals surface area contributed by atoms with Gasteiger partial charge in [0.25, 0.3) is 0 Å². The molecule has 3 nitrogen and oxygen atoms in total. The Morgan fingerprint density at radius 3 is 2.47 bits per heavy atom. The molecule has 0 atom stereocenters. The number of nitriles is 1. The molecule has 0 saturated carbocycles. The number of Topliss-reactive ketones (excluding diaryl/α,β-unsaturated/α-hetero) is 1. The van der Waals surface area contributed by atoms with Gasteiger partial charge in [-0.15, -0.1) is 0 Å². The quantitative estimate of drug-likeness (QED) is 0.842. The molecule has 0 radical (unpaired) electrons. The highest BCUT2D eigenvalue weighted by atomic mass is 16.1. The predicted octanol–water partition coefficient (Wildman–Crippen LogP) is 3.70. The van der Waals surface area contributed by atoms with Crippen LogP contribution in [0, 0.1) is 11.3 Å². The van der Waals surface area contributed by atoms with Gasteiger partial charge in [0, 0.05) is 16.9 Å². The van der Waals surface area contributed by atoms with E-state index in [1.165, 1.54) is 0 Å². The van der Waals surface area contributed by atoms with Crippen LogP contribution in [0.4, 0.5) is 11.4 Å². The van der Waals surface area contributed by atoms with Crippen LogP contribution in [0.5, 0.6) is 0 Å². The molecule has 94 valence electrons. The van der Waals surface area contributed by atoms with Gasteiger partial charge < -0.3 is 5.32 Å². The zero-order chi connectivity index (χ0) is 13.7. The maximum absolute atomic E-state index is 11.5. The average Bonchev–Trinajstić information content (AvgIpc) is 2.42. The topological polar surface area (TPSA) is 52.9 Å². The third-order valence-corrected chi connectivity index (χ3v) is 2.82. The van der Waals surface area contributed by atoms with E-state index in [4.69, 9.17) is 5.26 Å². The lowest BCUT2D eigenvalue weighted by Gasteiger charge is -2.10. The van der Waals surface area contributed by atoms with E-state index in [1.54, 1.807) is 13.0 Å². The molecule has 2 rings (SSSR count). The number of benzene rings is 2. The second-order valence-corrected chi connectivity index (χ2v) is 4.26. The Morgan fingerprint density at radius 1 is 1.16 bits per heavy atom. The molecular weight excluding hydrogens is 236 g/mol. The molecule has 0 unspecified atom stereocenters. The SMILES string of the molecule is CC(=O)c1ccccc1Nc1ccc(CC#N)cc1. The Kier molecular flexibility index (Phi) is 3.94. The Balaban J connectivity index is 2.22. The second kappa shape index (κ2) is 5.83. The summed E-state index contributed by atoms with van der Waals surface area (Å²) in [5, 5.41) is 11.8. The smallest absolute Gasteiger partial charge is 0.161 e. The number of carbonyl (C=O) groups is 1. The van der Waals surface area contributed by atoms with E-state index in [1.807, 2.05) is 42.5 Å². The molecule has 0 aliphatic rings. The Morgan fingerprint density at radius 2 is 1.84 bits per heavy atom. The minimum Gasteiger partial charge on any atom is -0.355 e. The predicted molar refractivity (Wildman–Crippen MR) is 75.5 cm³/mol. The van der Waals surface area contributed by atoms with E-state index in [0.29, 0.717) is 12.0 Å². The van der Waals surface area contributed by atoms with Gasteiger partial charge in [-0.2, -0.15) is 5.26 Å². The normalized spacial score (nSPS) is 9.68. The maximum Gasteiger partial charge on any atom is 0.161 e. The molecule has 3 heteroatoms. The standard InChI is InChI=1S/C16H14N2O/c1-12(19)15-4-2-3-5-16(15)18-14-8-6-13(7-9-14)10-11-17/h2-9,18H,10H2,1H3. The number of para-hydroxylation sites is 1. The third kappa shape index (κ3) is 3.20. The van der Waals surface area contributed by atoms with Gasteiger partial charge in [-0.25, -0.2) is 0 Å². The molecule has 0 aromatic heterocycles. The average molecular weight is 250 g/mol. The van der Waals surface area contributed by atoms with Crippen LogP contribution in [-0.4, -0.2) is 5.78 Å². The first-order valence-corrected chi connectivity index (χ1v) is 6.03. The third-order valence-electron chi connectivity index (χ3n) is 2.82. The summed E-state index contributed by atoms with van der Waals surface area (Å²) >= 11 is 0. The first-order valence-electron chi connectivity index (χ1n) is 6.03. The van der Waals surface area contributed by atoms with Crippen LogP contribution in [0.15, 0.2) is 48.5 Å². The lowest BCUT2D eigenvalue weighted by Crippen LogP contribution is -1.99. The fourth-order valence-electron chi connectivity index (χ4n) is 1.85. The van der Waals surface area contributed by atoms with E-state index in [0.717, 1.165) is 16.9 Å². The number of hydrogen-bond acceptors (Lipinski definition) is 3. The number of ketones is 1. The summed E-state index contributed by atoms with van der Waals surface area (Å²) in [6.45, 7) is 1.55. The van der Waals surface area contributed by atoms with E-state index < -0.39 is 0 Å². The molecule has 19 heavy (non-hydrogen) atoms. The van der Waals surface area contributed by atoms with E-state index >= 15 is 0 Å². The summed E-state index contributed by atoms with van der Waals surface area (Å²) in [5.74, 6) is 0.0317. The largest absolute Gasteiger partial charge is 0.355 e. The number of carbonyl (C=O) groups excluding carboxylic acids is 1. The Hall–Kier alpha value is -2.60. The van der Waals surface area contributed by atoms with Gasteiger partial charge >= 0.3 is 0 Å². The first-order chi connectivity index (χ1) is 9.20. The van der Waals surface area contributed by atoms with Crippen molar-refractivity contribution in [2.24, 2.45) is 0 Å². The molecule has 0 bridgehead atoms. The van der Waals surface area contributed by atoms with Gasteiger partial charge in [0.15, 0.2) is 5.78 Å². The minimum absolute atomic E-state index is 0.0317. The highest BCUT2D eigenvalue weighted by molar-refractivity contribution is 6.00. The molecule has 0 heterocycles. The molecule has 2 aromatic rings. The van der Waals surface area contributed by atoms with Crippen LogP contribution in [0.25, 0.3) is 0 Å². The van der Waals surface area contributed by atoms with Crippen LogP contribution in [-0.2, 0) is 6.42 Å². The maximum atomic E-state index is 11.5. The minimum atomic E-state index is 0.0317. The van der Waals surface area contributed by atoms with Crippen molar-refractivity contribution in [3.8, 4) is 6.07 Å². The first kappa shape index (κ1) is 12.8. The molecule has 0 aliphatic heterocycles. The van der Waals surface area contributed by atoms with Gasteiger partial charge in [0.2, 0.25) is 0 Å². The van der Waals surface area contributed by atoms with Crippen molar-refractivity contribution < 1.29 is 4.79 Å². The van der Waals surface area contributed by atoms with Gasteiger partial charge in [0.1, 0.15) is 0 Å². The van der Waals surface area contributed by atoms with Crippen LogP contribution in [0.3, 0.4) is 0 Å². The number of nitrogens with one attached hydrogen (secondary N) is 1. The van der Waals surface area contributed by atoms with Crippen molar-refractivity contribution in [3.63, 3.8) is 0 Å². The number of nitrogens with zero attached hydrogens (tertiary/aromatic N) is 1. The molecule has 1 N–H and O–H groups in total. The number of anilines is 2. The van der Waals surface area contributed by atoms with Crippen LogP contribution >= 0.6 is 0 Å². The fraction of sp³-hybridized carbons (Fsp3) is 0.125. The summed E-state index contributed by atoms with van der Waals surface area (Å²) in [7, 11) is 0. The molecule has 0 spiro atoms. The van der Waals surface area contributed by atoms with Crippen molar-refractivity contribution in [1.29, 1.82) is 5.26 Å². The Bertz CT molecular complexity index is 624. The number of rotatable bonds is 4. The summed E-state index contributed by atoms with van der Waals surface area (Å²) in [5.41, 5.74) is 3.34. The van der Waals surface area contributed by atoms with Crippen molar-refractivity contribution >= 4 is 17.2 Å². The van der Waals surface area contributed by atoms with Crippen molar-refractivity contribution in [1.82, 2.24) is 0 Å². The van der Waals surface area contributed by atoms with Gasteiger partial charge in [0.05, 0.1) is 12.5 Å². The highest BCUT2D eigenvalue weighted by Crippen LogP contribution is 2.21. The van der Waals surface area contributed by atoms with E-state index in [-0.39, 0.29) is 5.78 Å². The molecule has 0 aliphatic carbocycles. The summed E-state index contributed by atoms with van der Waals surface area (Å²) in [4.78, 5) is 11.5. The van der Waals surface area contributed by atoms with E-state index in [9.17, 15) is 4.79 Å². The molecule has 0 amide bonds. The second-order valence-electron chi connectivity index (χ2n) is 4.26. The molecular formula is C16H14N2O. The van der Waals surface area contributed by atoms with Crippen LogP contribution in [0.1, 0.15) is 22.8 Å². The van der Waals surface area contributed by atoms with Crippen molar-refractivity contribution in [2.75, 3.05) is 5.32 Å². The zero-order valence-corrected chi connectivity index (χ0v) is 10.7. The van der Waals surface area contributed by atoms with Crippen LogP contribution in [0.2, 0.25) is 0 Å². The lowest BCUT2D eigenvalue weighted by molar-refractivity contribution is 0.101. The van der Waals surface area contributed by atoms with Gasteiger partial charge in [-0.3, -0.25) is 4.79 Å². The van der Waals surface area contributed by atoms with Crippen LogP contribution < -0.4 is 5.32 Å². The molecule has 2 aromatic carbocycles. The van der Waals surface area contributed by atoms with Gasteiger partial charge in [-0.1, -0.05) is 24.3 Å². The monoisotopic (exact) mass is 250 g/mol. The van der Waals surface area contributed by atoms with Crippen molar-refractivity contribution in [2.45, 2.75) is 13.3 Å². The summed E-state index contributed by atoms with van der Waals surface area (Å²) in [6.07, 6.45) is 0.407. The lowest BCUT2D eigenvalue weighted by atomic mass is 10.1. The Labute approximate surface area is 112 Å². The number of hydrogen-bond donors (Lipinski definition) is 1. The molecule has 0 fully saturated rings. The zero-order valence-electron chi connectivity index (χ0n) is 10.7. The van der Waals surface area contributed by atoms with E-state index in [2.05, 4.69) is 11.4 Å². The fourth-order valence-corrected chi connectivity index (χ4v) is 1.85.